The largest absolute Gasteiger partial charge is 0.475 e. The molecule has 1 aromatic heterocycles. The third-order valence-electron chi connectivity index (χ3n) is 2.03. The van der Waals surface area contributed by atoms with Crippen LogP contribution < -0.4 is 5.56 Å². The van der Waals surface area contributed by atoms with Gasteiger partial charge in [0.05, 0.1) is 0 Å². The first-order valence-electron chi connectivity index (χ1n) is 4.30. The molecule has 0 amide bonds. The lowest BCUT2D eigenvalue weighted by atomic mass is 10.1. The van der Waals surface area contributed by atoms with Crippen LogP contribution in [0.15, 0.2) is 38.1 Å². The smallest absolute Gasteiger partial charge is 0.375 e. The summed E-state index contributed by atoms with van der Waals surface area (Å²) < 4.78 is 5.43. The van der Waals surface area contributed by atoms with E-state index in [-0.39, 0.29) is 11.3 Å². The molecule has 0 fully saturated rings. The zero-order valence-corrected chi connectivity index (χ0v) is 9.45. The van der Waals surface area contributed by atoms with Gasteiger partial charge in [-0.3, -0.25) is 4.79 Å². The van der Waals surface area contributed by atoms with Crippen molar-refractivity contribution in [3.63, 3.8) is 0 Å². The van der Waals surface area contributed by atoms with E-state index in [2.05, 4.69) is 20.5 Å². The van der Waals surface area contributed by atoms with E-state index in [1.165, 1.54) is 0 Å². The molecular formula is C10H6BrNO4. The molecule has 0 spiro atoms. The van der Waals surface area contributed by atoms with E-state index >= 15 is 0 Å². The molecule has 2 N–H and O–H groups in total. The highest BCUT2D eigenvalue weighted by Crippen LogP contribution is 2.22. The fourth-order valence-electron chi connectivity index (χ4n) is 1.33. The number of nitrogens with one attached hydrogen (secondary N) is 1. The standard InChI is InChI=1S/C10H6BrNO4/c11-6-3-1-5(2-4-6)7-8(10(14)15)16-12-9(7)13/h1-4H,(H,12,13)(H,14,15). The van der Waals surface area contributed by atoms with Crippen LogP contribution in [0.1, 0.15) is 10.6 Å². The number of carboxylic acids is 1. The first kappa shape index (κ1) is 10.7. The van der Waals surface area contributed by atoms with Gasteiger partial charge in [0.25, 0.3) is 11.3 Å². The molecule has 0 aliphatic heterocycles. The summed E-state index contributed by atoms with van der Waals surface area (Å²) in [7, 11) is 0. The molecule has 6 heteroatoms. The number of hydrogen-bond donors (Lipinski definition) is 2. The van der Waals surface area contributed by atoms with E-state index in [9.17, 15) is 9.59 Å². The van der Waals surface area contributed by atoms with E-state index in [0.717, 1.165) is 4.47 Å². The first-order valence-corrected chi connectivity index (χ1v) is 5.09. The molecule has 0 unspecified atom stereocenters. The van der Waals surface area contributed by atoms with Crippen molar-refractivity contribution in [2.45, 2.75) is 0 Å². The van der Waals surface area contributed by atoms with E-state index in [1.54, 1.807) is 24.3 Å². The molecular weight excluding hydrogens is 278 g/mol. The van der Waals surface area contributed by atoms with Crippen LogP contribution in [-0.2, 0) is 0 Å². The quantitative estimate of drug-likeness (QED) is 0.884. The number of benzene rings is 1. The summed E-state index contributed by atoms with van der Waals surface area (Å²) in [6, 6.07) is 6.70. The molecule has 16 heavy (non-hydrogen) atoms. The van der Waals surface area contributed by atoms with E-state index in [4.69, 9.17) is 5.11 Å². The van der Waals surface area contributed by atoms with Crippen LogP contribution in [0.3, 0.4) is 0 Å². The van der Waals surface area contributed by atoms with Crippen LogP contribution in [-0.4, -0.2) is 16.2 Å². The third kappa shape index (κ3) is 1.79. The summed E-state index contributed by atoms with van der Waals surface area (Å²) >= 11 is 3.25. The molecule has 0 bridgehead atoms. The number of H-pyrrole nitrogens is 1. The van der Waals surface area contributed by atoms with Gasteiger partial charge in [-0.2, -0.15) is 5.16 Å². The molecule has 0 radical (unpaired) electrons. The summed E-state index contributed by atoms with van der Waals surface area (Å²) in [6.45, 7) is 0. The van der Waals surface area contributed by atoms with Crippen LogP contribution in [0.25, 0.3) is 11.1 Å². The number of halogens is 1. The minimum absolute atomic E-state index is 0.0278. The molecule has 0 saturated carbocycles. The Morgan fingerprint density at radius 2 is 1.94 bits per heavy atom. The van der Waals surface area contributed by atoms with Gasteiger partial charge in [0.15, 0.2) is 0 Å². The second kappa shape index (κ2) is 3.97. The van der Waals surface area contributed by atoms with E-state index in [0.29, 0.717) is 5.56 Å². The summed E-state index contributed by atoms with van der Waals surface area (Å²) in [6.07, 6.45) is 0. The lowest BCUT2D eigenvalue weighted by Crippen LogP contribution is -2.04. The summed E-state index contributed by atoms with van der Waals surface area (Å²) in [5, 5.41) is 10.8. The maximum absolute atomic E-state index is 11.4. The molecule has 0 atom stereocenters. The molecule has 0 aliphatic carbocycles. The highest BCUT2D eigenvalue weighted by Gasteiger charge is 2.20. The van der Waals surface area contributed by atoms with Crippen LogP contribution in [0.4, 0.5) is 0 Å². The van der Waals surface area contributed by atoms with Crippen molar-refractivity contribution in [1.82, 2.24) is 5.16 Å². The molecule has 0 saturated heterocycles. The third-order valence-corrected chi connectivity index (χ3v) is 2.56. The van der Waals surface area contributed by atoms with Gasteiger partial charge in [-0.05, 0) is 17.7 Å². The topological polar surface area (TPSA) is 83.3 Å². The van der Waals surface area contributed by atoms with Gasteiger partial charge < -0.3 is 9.63 Å². The van der Waals surface area contributed by atoms with Gasteiger partial charge in [0.2, 0.25) is 0 Å². The second-order valence-electron chi connectivity index (χ2n) is 3.05. The Morgan fingerprint density at radius 1 is 1.31 bits per heavy atom. The summed E-state index contributed by atoms with van der Waals surface area (Å²) in [4.78, 5) is 22.2. The SMILES string of the molecule is O=C(O)c1o[nH]c(=O)c1-c1ccc(Br)cc1. The van der Waals surface area contributed by atoms with Crippen molar-refractivity contribution in [1.29, 1.82) is 0 Å². The minimum atomic E-state index is -1.28. The van der Waals surface area contributed by atoms with Gasteiger partial charge in [0.1, 0.15) is 5.56 Å². The molecule has 1 aromatic carbocycles. The maximum Gasteiger partial charge on any atom is 0.375 e. The number of aromatic amines is 1. The summed E-state index contributed by atoms with van der Waals surface area (Å²) in [5.41, 5.74) is -0.0321. The molecule has 82 valence electrons. The molecule has 1 heterocycles. The van der Waals surface area contributed by atoms with Crippen molar-refractivity contribution in [2.75, 3.05) is 0 Å². The zero-order valence-electron chi connectivity index (χ0n) is 7.86. The second-order valence-corrected chi connectivity index (χ2v) is 3.97. The first-order chi connectivity index (χ1) is 7.59. The van der Waals surface area contributed by atoms with Gasteiger partial charge >= 0.3 is 5.97 Å². The Kier molecular flexibility index (Phi) is 2.66. The van der Waals surface area contributed by atoms with Crippen molar-refractivity contribution in [3.8, 4) is 11.1 Å². The average molecular weight is 284 g/mol. The Hall–Kier alpha value is -1.82. The Bertz CT molecular complexity index is 582. The average Bonchev–Trinajstić information content (AvgIpc) is 2.62. The van der Waals surface area contributed by atoms with Crippen molar-refractivity contribution >= 4 is 21.9 Å². The highest BCUT2D eigenvalue weighted by atomic mass is 79.9. The number of aromatic carboxylic acids is 1. The van der Waals surface area contributed by atoms with Crippen molar-refractivity contribution in [3.05, 3.63) is 44.9 Å². The minimum Gasteiger partial charge on any atom is -0.475 e. The maximum atomic E-state index is 11.4. The van der Waals surface area contributed by atoms with Crippen LogP contribution in [0.5, 0.6) is 0 Å². The molecule has 2 aromatic rings. The van der Waals surface area contributed by atoms with Gasteiger partial charge in [-0.15, -0.1) is 0 Å². The Balaban J connectivity index is 2.63. The normalized spacial score (nSPS) is 10.3. The number of aromatic nitrogens is 1. The molecule has 2 rings (SSSR count). The van der Waals surface area contributed by atoms with Gasteiger partial charge in [0, 0.05) is 4.47 Å². The predicted molar refractivity (Wildman–Crippen MR) is 59.4 cm³/mol. The number of carbonyl (C=O) groups is 1. The van der Waals surface area contributed by atoms with E-state index < -0.39 is 11.5 Å². The fourth-order valence-corrected chi connectivity index (χ4v) is 1.60. The van der Waals surface area contributed by atoms with Crippen molar-refractivity contribution < 1.29 is 14.4 Å². The van der Waals surface area contributed by atoms with Gasteiger partial charge in [-0.25, -0.2) is 4.79 Å². The lowest BCUT2D eigenvalue weighted by molar-refractivity contribution is 0.0653. The van der Waals surface area contributed by atoms with Gasteiger partial charge in [-0.1, -0.05) is 28.1 Å². The van der Waals surface area contributed by atoms with Crippen LogP contribution in [0.2, 0.25) is 0 Å². The summed E-state index contributed by atoms with van der Waals surface area (Å²) in [5.74, 6) is -1.66. The lowest BCUT2D eigenvalue weighted by Gasteiger charge is -1.97. The van der Waals surface area contributed by atoms with Crippen molar-refractivity contribution in [2.24, 2.45) is 0 Å². The highest BCUT2D eigenvalue weighted by molar-refractivity contribution is 9.10. The number of hydrogen-bond acceptors (Lipinski definition) is 3. The van der Waals surface area contributed by atoms with E-state index in [1.807, 2.05) is 5.16 Å². The monoisotopic (exact) mass is 283 g/mol. The van der Waals surface area contributed by atoms with Crippen LogP contribution in [0, 0.1) is 0 Å². The molecule has 5 nitrogen and oxygen atoms in total. The Labute approximate surface area is 97.8 Å². The van der Waals surface area contributed by atoms with Crippen LogP contribution >= 0.6 is 15.9 Å². The molecule has 0 aliphatic rings. The Morgan fingerprint density at radius 3 is 2.50 bits per heavy atom. The number of carboxylic acid groups (broad SMARTS) is 1. The predicted octanol–water partition coefficient (Wildman–Crippen LogP) is 2.10. The fraction of sp³-hybridized carbons (Fsp3) is 0. The number of rotatable bonds is 2. The zero-order chi connectivity index (χ0) is 11.7.